The number of esters is 1. The van der Waals surface area contributed by atoms with Gasteiger partial charge in [-0.2, -0.15) is 0 Å². The van der Waals surface area contributed by atoms with Gasteiger partial charge in [-0.3, -0.25) is 4.79 Å². The number of hydrogen-bond acceptors (Lipinski definition) is 5. The van der Waals surface area contributed by atoms with E-state index in [1.807, 2.05) is 6.07 Å². The van der Waals surface area contributed by atoms with Crippen LogP contribution in [0.25, 0.3) is 0 Å². The Morgan fingerprint density at radius 1 is 1.67 bits per heavy atom. The number of anilines is 1. The Balaban J connectivity index is 1.93. The standard InChI is InChI=1S/C12H15BrN2O2S/c1-17-10(16)5-12(2-3-12)7-18-11-9(13)4-8(14)6-15-11/h4,6H,2-3,5,7,14H2,1H3. The number of rotatable bonds is 5. The molecule has 1 aromatic heterocycles. The molecule has 1 fully saturated rings. The molecule has 2 N–H and O–H groups in total. The minimum Gasteiger partial charge on any atom is -0.469 e. The molecule has 98 valence electrons. The van der Waals surface area contributed by atoms with Crippen LogP contribution in [0.15, 0.2) is 21.8 Å². The van der Waals surface area contributed by atoms with Crippen LogP contribution in [-0.4, -0.2) is 23.8 Å². The summed E-state index contributed by atoms with van der Waals surface area (Å²) in [6.45, 7) is 0. The molecule has 1 saturated carbocycles. The van der Waals surface area contributed by atoms with Crippen LogP contribution in [0.2, 0.25) is 0 Å². The number of nitrogen functional groups attached to an aromatic ring is 1. The molecule has 0 bridgehead atoms. The molecule has 1 aliphatic carbocycles. The van der Waals surface area contributed by atoms with Crippen LogP contribution in [0.5, 0.6) is 0 Å². The van der Waals surface area contributed by atoms with Gasteiger partial charge in [-0.1, -0.05) is 0 Å². The molecule has 0 radical (unpaired) electrons. The topological polar surface area (TPSA) is 65.2 Å². The van der Waals surface area contributed by atoms with Gasteiger partial charge < -0.3 is 10.5 Å². The number of ether oxygens (including phenoxy) is 1. The van der Waals surface area contributed by atoms with Crippen molar-refractivity contribution in [1.82, 2.24) is 4.98 Å². The Morgan fingerprint density at radius 3 is 2.94 bits per heavy atom. The molecule has 0 amide bonds. The van der Waals surface area contributed by atoms with Gasteiger partial charge in [-0.05, 0) is 40.3 Å². The molecule has 0 saturated heterocycles. The molecule has 2 rings (SSSR count). The molecule has 18 heavy (non-hydrogen) atoms. The van der Waals surface area contributed by atoms with E-state index < -0.39 is 0 Å². The molecular formula is C12H15BrN2O2S. The quantitative estimate of drug-likeness (QED) is 0.664. The lowest BCUT2D eigenvalue weighted by atomic mass is 10.1. The molecule has 0 aliphatic heterocycles. The first-order valence-corrected chi connectivity index (χ1v) is 7.43. The fourth-order valence-corrected chi connectivity index (χ4v) is 3.56. The van der Waals surface area contributed by atoms with Crippen molar-refractivity contribution in [2.75, 3.05) is 18.6 Å². The van der Waals surface area contributed by atoms with Crippen molar-refractivity contribution in [2.45, 2.75) is 24.3 Å². The highest BCUT2D eigenvalue weighted by molar-refractivity contribution is 9.10. The van der Waals surface area contributed by atoms with E-state index in [1.54, 1.807) is 18.0 Å². The van der Waals surface area contributed by atoms with E-state index >= 15 is 0 Å². The van der Waals surface area contributed by atoms with E-state index in [2.05, 4.69) is 20.9 Å². The molecule has 6 heteroatoms. The number of halogens is 1. The van der Waals surface area contributed by atoms with Gasteiger partial charge in [0.25, 0.3) is 0 Å². The first-order chi connectivity index (χ1) is 8.54. The summed E-state index contributed by atoms with van der Waals surface area (Å²) >= 11 is 5.10. The maximum Gasteiger partial charge on any atom is 0.306 e. The number of thioether (sulfide) groups is 1. The van der Waals surface area contributed by atoms with E-state index in [0.29, 0.717) is 12.1 Å². The zero-order chi connectivity index (χ0) is 13.2. The Hall–Kier alpha value is -0.750. The van der Waals surface area contributed by atoms with Gasteiger partial charge in [-0.25, -0.2) is 4.98 Å². The second-order valence-electron chi connectivity index (χ2n) is 4.60. The van der Waals surface area contributed by atoms with Crippen LogP contribution in [0.1, 0.15) is 19.3 Å². The third-order valence-electron chi connectivity index (χ3n) is 3.05. The van der Waals surface area contributed by atoms with Gasteiger partial charge in [0, 0.05) is 5.75 Å². The van der Waals surface area contributed by atoms with Crippen molar-refractivity contribution in [3.63, 3.8) is 0 Å². The van der Waals surface area contributed by atoms with Crippen molar-refractivity contribution in [2.24, 2.45) is 5.41 Å². The Labute approximate surface area is 119 Å². The molecule has 1 heterocycles. The third kappa shape index (κ3) is 3.38. The maximum atomic E-state index is 11.3. The predicted molar refractivity (Wildman–Crippen MR) is 75.4 cm³/mol. The predicted octanol–water partition coefficient (Wildman–Crippen LogP) is 2.86. The van der Waals surface area contributed by atoms with Gasteiger partial charge in [0.05, 0.1) is 29.9 Å². The van der Waals surface area contributed by atoms with Crippen LogP contribution in [0.4, 0.5) is 5.69 Å². The first-order valence-electron chi connectivity index (χ1n) is 5.65. The van der Waals surface area contributed by atoms with Gasteiger partial charge >= 0.3 is 5.97 Å². The second-order valence-corrected chi connectivity index (χ2v) is 6.42. The Morgan fingerprint density at radius 2 is 2.39 bits per heavy atom. The Kier molecular flexibility index (Phi) is 4.17. The summed E-state index contributed by atoms with van der Waals surface area (Å²) in [5, 5.41) is 0.917. The second kappa shape index (κ2) is 5.48. The lowest BCUT2D eigenvalue weighted by Crippen LogP contribution is -2.13. The number of aromatic nitrogens is 1. The smallest absolute Gasteiger partial charge is 0.306 e. The fourth-order valence-electron chi connectivity index (χ4n) is 1.70. The first kappa shape index (κ1) is 13.7. The number of carbonyl (C=O) groups excluding carboxylic acids is 1. The molecule has 0 atom stereocenters. The average molecular weight is 331 g/mol. The maximum absolute atomic E-state index is 11.3. The van der Waals surface area contributed by atoms with Crippen LogP contribution in [0, 0.1) is 5.41 Å². The lowest BCUT2D eigenvalue weighted by Gasteiger charge is -2.13. The number of carbonyl (C=O) groups is 1. The zero-order valence-electron chi connectivity index (χ0n) is 10.1. The average Bonchev–Trinajstić information content (AvgIpc) is 3.08. The highest BCUT2D eigenvalue weighted by Gasteiger charge is 2.44. The summed E-state index contributed by atoms with van der Waals surface area (Å²) in [4.78, 5) is 15.6. The summed E-state index contributed by atoms with van der Waals surface area (Å²) < 4.78 is 5.63. The number of nitrogens with two attached hydrogens (primary N) is 1. The summed E-state index contributed by atoms with van der Waals surface area (Å²) in [5.41, 5.74) is 6.39. The molecule has 0 unspecified atom stereocenters. The minimum atomic E-state index is -0.127. The zero-order valence-corrected chi connectivity index (χ0v) is 12.5. The van der Waals surface area contributed by atoms with E-state index in [0.717, 1.165) is 28.1 Å². The molecule has 0 spiro atoms. The van der Waals surface area contributed by atoms with E-state index in [9.17, 15) is 4.79 Å². The third-order valence-corrected chi connectivity index (χ3v) is 5.27. The normalized spacial score (nSPS) is 16.3. The van der Waals surface area contributed by atoms with Crippen LogP contribution < -0.4 is 5.73 Å². The van der Waals surface area contributed by atoms with Crippen molar-refractivity contribution >= 4 is 39.3 Å². The number of methoxy groups -OCH3 is 1. The summed E-state index contributed by atoms with van der Waals surface area (Å²) in [6, 6.07) is 1.84. The largest absolute Gasteiger partial charge is 0.469 e. The van der Waals surface area contributed by atoms with E-state index in [-0.39, 0.29) is 11.4 Å². The number of nitrogens with zero attached hydrogens (tertiary/aromatic N) is 1. The SMILES string of the molecule is COC(=O)CC1(CSc2ncc(N)cc2Br)CC1. The van der Waals surface area contributed by atoms with Gasteiger partial charge in [-0.15, -0.1) is 11.8 Å². The molecule has 1 aromatic rings. The summed E-state index contributed by atoms with van der Waals surface area (Å²) in [5.74, 6) is 0.759. The molecule has 4 nitrogen and oxygen atoms in total. The number of pyridine rings is 1. The molecule has 1 aliphatic rings. The van der Waals surface area contributed by atoms with Crippen molar-refractivity contribution in [1.29, 1.82) is 0 Å². The Bertz CT molecular complexity index is 463. The van der Waals surface area contributed by atoms with Gasteiger partial charge in [0.2, 0.25) is 0 Å². The van der Waals surface area contributed by atoms with Crippen molar-refractivity contribution < 1.29 is 9.53 Å². The lowest BCUT2D eigenvalue weighted by molar-refractivity contribution is -0.141. The van der Waals surface area contributed by atoms with Gasteiger partial charge in [0.1, 0.15) is 5.03 Å². The van der Waals surface area contributed by atoms with E-state index in [1.165, 1.54) is 7.11 Å². The van der Waals surface area contributed by atoms with Crippen LogP contribution in [0.3, 0.4) is 0 Å². The molecular weight excluding hydrogens is 316 g/mol. The molecule has 0 aromatic carbocycles. The van der Waals surface area contributed by atoms with Gasteiger partial charge in [0.15, 0.2) is 0 Å². The highest BCUT2D eigenvalue weighted by atomic mass is 79.9. The summed E-state index contributed by atoms with van der Waals surface area (Å²) in [7, 11) is 1.43. The van der Waals surface area contributed by atoms with Crippen LogP contribution >= 0.6 is 27.7 Å². The van der Waals surface area contributed by atoms with E-state index in [4.69, 9.17) is 10.5 Å². The monoisotopic (exact) mass is 330 g/mol. The minimum absolute atomic E-state index is 0.111. The summed E-state index contributed by atoms with van der Waals surface area (Å²) in [6.07, 6.45) is 4.32. The van der Waals surface area contributed by atoms with Crippen molar-refractivity contribution in [3.05, 3.63) is 16.7 Å². The highest BCUT2D eigenvalue weighted by Crippen LogP contribution is 2.52. The fraction of sp³-hybridized carbons (Fsp3) is 0.500. The number of hydrogen-bond donors (Lipinski definition) is 1. The van der Waals surface area contributed by atoms with Crippen molar-refractivity contribution in [3.8, 4) is 0 Å². The van der Waals surface area contributed by atoms with Crippen LogP contribution in [-0.2, 0) is 9.53 Å².